The molecule has 8 bridgehead atoms. The molecule has 1 aliphatic carbocycles. The molecule has 16 heteroatoms. The molecule has 8 aromatic rings. The molecule has 0 spiro atoms. The number of hydrogen-bond acceptors (Lipinski definition) is 12. The van der Waals surface area contributed by atoms with Gasteiger partial charge in [0.15, 0.2) is 0 Å². The lowest BCUT2D eigenvalue weighted by Crippen LogP contribution is -2.01. The van der Waals surface area contributed by atoms with Gasteiger partial charge in [-0.3, -0.25) is 0 Å². The van der Waals surface area contributed by atoms with Crippen molar-refractivity contribution in [3.05, 3.63) is 210 Å². The lowest BCUT2D eigenvalue weighted by atomic mass is 9.90. The van der Waals surface area contributed by atoms with E-state index < -0.39 is 0 Å². The molecule has 0 radical (unpaired) electrons. The van der Waals surface area contributed by atoms with Crippen LogP contribution < -0.4 is 0 Å². The van der Waals surface area contributed by atoms with Crippen LogP contribution in [0.4, 0.5) is 45.5 Å². The predicted octanol–water partition coefficient (Wildman–Crippen LogP) is 17.5. The quantitative estimate of drug-likeness (QED) is 0.111. The number of aromatic hydroxyl groups is 4. The standard InChI is InChI=1S/C52H36Cl4N8O4/c53-37-5-1-9-41(25-37)57-61-45-17-29-13-31-19-46(62-58-42-10-2-6-38(54)26-42)21-33(50(31)66)15-35-23-48(64-60-44-12-4-8-40(56)28-44)24-36(52(35)68)16-34-22-47(63-59-43-11-3-7-39(55)27-43)20-32(51(34)67)14-30(18-45)49(29)65/h1-12,17-28,65-68H,13-16H2. The molecule has 0 aromatic heterocycles. The van der Waals surface area contributed by atoms with Crippen LogP contribution in [0, 0.1) is 0 Å². The molecular formula is C52H36Cl4N8O4. The molecule has 12 nitrogen and oxygen atoms in total. The Balaban J connectivity index is 1.25. The highest BCUT2D eigenvalue weighted by Crippen LogP contribution is 2.43. The minimum absolute atomic E-state index is 0.0189. The number of halogens is 4. The van der Waals surface area contributed by atoms with Crippen LogP contribution in [0.5, 0.6) is 23.0 Å². The molecule has 0 atom stereocenters. The van der Waals surface area contributed by atoms with Crippen molar-refractivity contribution in [2.45, 2.75) is 25.7 Å². The van der Waals surface area contributed by atoms with Crippen molar-refractivity contribution < 1.29 is 20.4 Å². The Bertz CT molecular complexity index is 2840. The van der Waals surface area contributed by atoms with E-state index in [0.29, 0.717) is 110 Å². The summed E-state index contributed by atoms with van der Waals surface area (Å²) >= 11 is 25.0. The summed E-state index contributed by atoms with van der Waals surface area (Å²) in [5.74, 6) is -0.407. The average molecular weight is 979 g/mol. The molecule has 336 valence electrons. The molecule has 0 saturated carbocycles. The van der Waals surface area contributed by atoms with E-state index in [4.69, 9.17) is 46.4 Å². The van der Waals surface area contributed by atoms with Gasteiger partial charge in [0, 0.05) is 90.3 Å². The summed E-state index contributed by atoms with van der Waals surface area (Å²) in [6.45, 7) is 0. The molecule has 0 heterocycles. The minimum atomic E-state index is -0.102. The summed E-state index contributed by atoms with van der Waals surface area (Å²) in [7, 11) is 0. The molecule has 4 N–H and O–H groups in total. The second-order valence-electron chi connectivity index (χ2n) is 15.9. The van der Waals surface area contributed by atoms with Gasteiger partial charge >= 0.3 is 0 Å². The van der Waals surface area contributed by atoms with E-state index in [1.54, 1.807) is 146 Å². The van der Waals surface area contributed by atoms with Crippen LogP contribution in [0.15, 0.2) is 187 Å². The fourth-order valence-corrected chi connectivity index (χ4v) is 8.45. The first kappa shape index (κ1) is 45.7. The number of phenolic OH excluding ortho intramolecular Hbond substituents is 4. The minimum Gasteiger partial charge on any atom is -0.507 e. The summed E-state index contributed by atoms with van der Waals surface area (Å²) in [6, 6.07) is 41.0. The molecule has 0 unspecified atom stereocenters. The third kappa shape index (κ3) is 11.0. The topological polar surface area (TPSA) is 180 Å². The third-order valence-electron chi connectivity index (χ3n) is 10.9. The molecule has 8 aromatic carbocycles. The summed E-state index contributed by atoms with van der Waals surface area (Å²) in [4.78, 5) is 0. The van der Waals surface area contributed by atoms with Gasteiger partial charge in [-0.05, 0) is 121 Å². The van der Waals surface area contributed by atoms with E-state index in [0.717, 1.165) is 0 Å². The molecule has 0 aliphatic heterocycles. The zero-order chi connectivity index (χ0) is 47.3. The van der Waals surface area contributed by atoms with Crippen LogP contribution in [0.1, 0.15) is 44.5 Å². The maximum absolute atomic E-state index is 12.1. The average Bonchev–Trinajstić information content (AvgIpc) is 3.31. The number of azo groups is 4. The number of nitrogens with zero attached hydrogens (tertiary/aromatic N) is 8. The van der Waals surface area contributed by atoms with E-state index in [1.165, 1.54) is 0 Å². The lowest BCUT2D eigenvalue weighted by molar-refractivity contribution is 0.450. The highest BCUT2D eigenvalue weighted by molar-refractivity contribution is 6.31. The fraction of sp³-hybridized carbons (Fsp3) is 0.0769. The van der Waals surface area contributed by atoms with E-state index in [2.05, 4.69) is 40.9 Å². The fourth-order valence-electron chi connectivity index (χ4n) is 7.71. The molecular weight excluding hydrogens is 942 g/mol. The molecule has 68 heavy (non-hydrogen) atoms. The Morgan fingerprint density at radius 1 is 0.250 bits per heavy atom. The van der Waals surface area contributed by atoms with Crippen molar-refractivity contribution >= 4 is 91.9 Å². The van der Waals surface area contributed by atoms with Gasteiger partial charge in [0.2, 0.25) is 0 Å². The molecule has 1 aliphatic rings. The van der Waals surface area contributed by atoms with Crippen molar-refractivity contribution in [1.29, 1.82) is 0 Å². The number of hydrogen-bond donors (Lipinski definition) is 4. The monoisotopic (exact) mass is 976 g/mol. The van der Waals surface area contributed by atoms with E-state index in [9.17, 15) is 20.4 Å². The van der Waals surface area contributed by atoms with Crippen molar-refractivity contribution in [1.82, 2.24) is 0 Å². The van der Waals surface area contributed by atoms with Gasteiger partial charge in [0.1, 0.15) is 23.0 Å². The van der Waals surface area contributed by atoms with Crippen LogP contribution in [-0.2, 0) is 25.7 Å². The Kier molecular flexibility index (Phi) is 13.5. The van der Waals surface area contributed by atoms with Crippen molar-refractivity contribution in [2.24, 2.45) is 40.9 Å². The number of fused-ring (bicyclic) bond motifs is 8. The zero-order valence-corrected chi connectivity index (χ0v) is 38.6. The highest BCUT2D eigenvalue weighted by Gasteiger charge is 2.22. The Morgan fingerprint density at radius 3 is 0.603 bits per heavy atom. The molecule has 9 rings (SSSR count). The molecule has 0 saturated heterocycles. The third-order valence-corrected chi connectivity index (χ3v) is 11.8. The first-order valence-corrected chi connectivity index (χ1v) is 22.5. The van der Waals surface area contributed by atoms with Crippen LogP contribution in [0.25, 0.3) is 0 Å². The highest BCUT2D eigenvalue weighted by atomic mass is 35.5. The Morgan fingerprint density at radius 2 is 0.426 bits per heavy atom. The van der Waals surface area contributed by atoms with Gasteiger partial charge in [0.25, 0.3) is 0 Å². The van der Waals surface area contributed by atoms with Crippen LogP contribution in [0.3, 0.4) is 0 Å². The van der Waals surface area contributed by atoms with Gasteiger partial charge < -0.3 is 20.4 Å². The summed E-state index contributed by atoms with van der Waals surface area (Å²) < 4.78 is 0. The van der Waals surface area contributed by atoms with E-state index >= 15 is 0 Å². The summed E-state index contributed by atoms with van der Waals surface area (Å²) in [6.07, 6.45) is -0.0756. The Labute approximate surface area is 409 Å². The van der Waals surface area contributed by atoms with Crippen LogP contribution in [-0.4, -0.2) is 20.4 Å². The van der Waals surface area contributed by atoms with E-state index in [-0.39, 0.29) is 48.7 Å². The molecule has 0 amide bonds. The lowest BCUT2D eigenvalue weighted by Gasteiger charge is -2.18. The second kappa shape index (κ2) is 20.2. The summed E-state index contributed by atoms with van der Waals surface area (Å²) in [5.41, 5.74) is 6.56. The van der Waals surface area contributed by atoms with Gasteiger partial charge in [-0.15, -0.1) is 0 Å². The summed E-state index contributed by atoms with van der Waals surface area (Å²) in [5, 5.41) is 86.3. The molecule has 0 fully saturated rings. The first-order valence-electron chi connectivity index (χ1n) is 21.0. The smallest absolute Gasteiger partial charge is 0.122 e. The maximum atomic E-state index is 12.1. The van der Waals surface area contributed by atoms with Gasteiger partial charge in [-0.25, -0.2) is 0 Å². The largest absolute Gasteiger partial charge is 0.507 e. The zero-order valence-electron chi connectivity index (χ0n) is 35.6. The van der Waals surface area contributed by atoms with E-state index in [1.807, 2.05) is 0 Å². The maximum Gasteiger partial charge on any atom is 0.122 e. The van der Waals surface area contributed by atoms with Gasteiger partial charge in [-0.1, -0.05) is 70.7 Å². The number of benzene rings is 8. The Hall–Kier alpha value is -7.48. The van der Waals surface area contributed by atoms with Crippen molar-refractivity contribution in [2.75, 3.05) is 0 Å². The number of rotatable bonds is 8. The van der Waals surface area contributed by atoms with Crippen LogP contribution >= 0.6 is 46.4 Å². The van der Waals surface area contributed by atoms with Crippen molar-refractivity contribution in [3.63, 3.8) is 0 Å². The van der Waals surface area contributed by atoms with Crippen molar-refractivity contribution in [3.8, 4) is 23.0 Å². The first-order chi connectivity index (χ1) is 32.9. The SMILES string of the molecule is Oc1c2cc(N=Nc3cccc(Cl)c3)cc1Cc1cc(N=Nc3cccc(Cl)c3)cc(c1O)Cc1cc(N=Nc3cccc(Cl)c3)cc(c1O)Cc1cc(N=Nc3cccc(Cl)c3)cc(c1O)C2. The normalized spacial score (nSPS) is 12.8. The van der Waals surface area contributed by atoms with Crippen LogP contribution in [0.2, 0.25) is 20.1 Å². The van der Waals surface area contributed by atoms with Gasteiger partial charge in [-0.2, -0.15) is 40.9 Å². The second-order valence-corrected chi connectivity index (χ2v) is 17.6. The van der Waals surface area contributed by atoms with Gasteiger partial charge in [0.05, 0.1) is 45.5 Å². The number of phenols is 4. The predicted molar refractivity (Wildman–Crippen MR) is 266 cm³/mol.